The van der Waals surface area contributed by atoms with E-state index in [4.69, 9.17) is 0 Å². The molecule has 1 fully saturated rings. The number of hydrogen-bond donors (Lipinski definition) is 2. The highest BCUT2D eigenvalue weighted by atomic mass is 15.2. The summed E-state index contributed by atoms with van der Waals surface area (Å²) in [7, 11) is 0. The number of benzene rings is 1. The number of fused-ring (bicyclic) bond motifs is 1. The van der Waals surface area contributed by atoms with Crippen molar-refractivity contribution in [1.29, 1.82) is 0 Å². The Hall–Kier alpha value is -2.40. The van der Waals surface area contributed by atoms with Gasteiger partial charge in [-0.25, -0.2) is 9.97 Å². The van der Waals surface area contributed by atoms with E-state index < -0.39 is 0 Å². The lowest BCUT2D eigenvalue weighted by Crippen LogP contribution is -2.43. The van der Waals surface area contributed by atoms with E-state index >= 15 is 0 Å². The zero-order valence-corrected chi connectivity index (χ0v) is 11.7. The predicted octanol–water partition coefficient (Wildman–Crippen LogP) is 2.03. The van der Waals surface area contributed by atoms with Gasteiger partial charge in [-0.15, -0.1) is 0 Å². The molecule has 1 aromatic carbocycles. The summed E-state index contributed by atoms with van der Waals surface area (Å²) < 4.78 is 0. The van der Waals surface area contributed by atoms with E-state index in [2.05, 4.69) is 49.4 Å². The summed E-state index contributed by atoms with van der Waals surface area (Å²) >= 11 is 0. The molecule has 1 aliphatic rings. The minimum atomic E-state index is 0.831. The second kappa shape index (κ2) is 5.18. The molecule has 106 valence electrons. The maximum absolute atomic E-state index is 4.67. The minimum Gasteiger partial charge on any atom is -0.369 e. The van der Waals surface area contributed by atoms with Gasteiger partial charge in [-0.1, -0.05) is 12.1 Å². The van der Waals surface area contributed by atoms with Crippen LogP contribution in [0.4, 0.5) is 5.69 Å². The predicted molar refractivity (Wildman–Crippen MR) is 84.4 cm³/mol. The Morgan fingerprint density at radius 1 is 1.10 bits per heavy atom. The molecule has 5 heteroatoms. The van der Waals surface area contributed by atoms with Crippen LogP contribution in [0.1, 0.15) is 0 Å². The summed E-state index contributed by atoms with van der Waals surface area (Å²) in [5.74, 6) is 0. The summed E-state index contributed by atoms with van der Waals surface area (Å²) in [6, 6.07) is 10.5. The third-order valence-corrected chi connectivity index (χ3v) is 3.88. The van der Waals surface area contributed by atoms with Crippen molar-refractivity contribution in [3.8, 4) is 11.3 Å². The molecule has 1 saturated heterocycles. The molecule has 0 spiro atoms. The lowest BCUT2D eigenvalue weighted by atomic mass is 10.1. The van der Waals surface area contributed by atoms with Crippen molar-refractivity contribution in [2.24, 2.45) is 0 Å². The van der Waals surface area contributed by atoms with Crippen molar-refractivity contribution in [1.82, 2.24) is 20.3 Å². The van der Waals surface area contributed by atoms with Crippen LogP contribution >= 0.6 is 0 Å². The fourth-order valence-corrected chi connectivity index (χ4v) is 2.75. The molecular formula is C16H17N5. The lowest BCUT2D eigenvalue weighted by Gasteiger charge is -2.29. The van der Waals surface area contributed by atoms with E-state index in [1.165, 1.54) is 5.69 Å². The van der Waals surface area contributed by atoms with Gasteiger partial charge in [-0.2, -0.15) is 0 Å². The molecule has 2 aromatic heterocycles. The molecule has 0 atom stereocenters. The highest BCUT2D eigenvalue weighted by Crippen LogP contribution is 2.24. The Balaban J connectivity index is 1.70. The van der Waals surface area contributed by atoms with Gasteiger partial charge in [-0.05, 0) is 18.2 Å². The average molecular weight is 279 g/mol. The molecule has 0 bridgehead atoms. The van der Waals surface area contributed by atoms with Gasteiger partial charge in [0.2, 0.25) is 0 Å². The average Bonchev–Trinajstić information content (AvgIpc) is 3.03. The van der Waals surface area contributed by atoms with Gasteiger partial charge in [-0.3, -0.25) is 0 Å². The van der Waals surface area contributed by atoms with Crippen LogP contribution in [0.15, 0.2) is 42.7 Å². The van der Waals surface area contributed by atoms with Crippen molar-refractivity contribution in [2.45, 2.75) is 0 Å². The van der Waals surface area contributed by atoms with E-state index in [-0.39, 0.29) is 0 Å². The highest BCUT2D eigenvalue weighted by Gasteiger charge is 2.11. The normalized spacial score (nSPS) is 15.5. The molecule has 0 saturated carbocycles. The molecule has 4 rings (SSSR count). The molecule has 5 nitrogen and oxygen atoms in total. The minimum absolute atomic E-state index is 0.831. The Labute approximate surface area is 123 Å². The SMILES string of the molecule is c1cc(-c2cnc3[nH]ccc3n2)cc(N2CCNCC2)c1. The highest BCUT2D eigenvalue weighted by molar-refractivity contribution is 5.75. The first-order valence-electron chi connectivity index (χ1n) is 7.26. The first-order chi connectivity index (χ1) is 10.4. The summed E-state index contributed by atoms with van der Waals surface area (Å²) in [6.45, 7) is 4.18. The number of piperazine rings is 1. The summed E-state index contributed by atoms with van der Waals surface area (Å²) in [6.07, 6.45) is 3.70. The Bertz CT molecular complexity index is 758. The topological polar surface area (TPSA) is 56.8 Å². The molecule has 1 aliphatic heterocycles. The van der Waals surface area contributed by atoms with Gasteiger partial charge >= 0.3 is 0 Å². The first-order valence-corrected chi connectivity index (χ1v) is 7.26. The van der Waals surface area contributed by atoms with Crippen LogP contribution in [0.25, 0.3) is 22.4 Å². The molecule has 3 heterocycles. The van der Waals surface area contributed by atoms with E-state index in [9.17, 15) is 0 Å². The maximum Gasteiger partial charge on any atom is 0.156 e. The van der Waals surface area contributed by atoms with Crippen LogP contribution in [0.2, 0.25) is 0 Å². The van der Waals surface area contributed by atoms with Crippen molar-refractivity contribution in [3.05, 3.63) is 42.7 Å². The maximum atomic E-state index is 4.67. The number of H-pyrrole nitrogens is 1. The third kappa shape index (κ3) is 2.36. The number of nitrogens with one attached hydrogen (secondary N) is 2. The number of aromatic nitrogens is 3. The zero-order chi connectivity index (χ0) is 14.1. The van der Waals surface area contributed by atoms with Crippen LogP contribution in [-0.4, -0.2) is 41.1 Å². The second-order valence-corrected chi connectivity index (χ2v) is 5.25. The first kappa shape index (κ1) is 12.3. The third-order valence-electron chi connectivity index (χ3n) is 3.88. The van der Waals surface area contributed by atoms with Crippen LogP contribution < -0.4 is 10.2 Å². The molecule has 0 amide bonds. The Morgan fingerprint density at radius 2 is 2.00 bits per heavy atom. The summed E-state index contributed by atoms with van der Waals surface area (Å²) in [5.41, 5.74) is 5.02. The zero-order valence-electron chi connectivity index (χ0n) is 11.7. The quantitative estimate of drug-likeness (QED) is 0.753. The van der Waals surface area contributed by atoms with Gasteiger partial charge in [0, 0.05) is 43.6 Å². The van der Waals surface area contributed by atoms with Crippen LogP contribution in [0, 0.1) is 0 Å². The number of rotatable bonds is 2. The fourth-order valence-electron chi connectivity index (χ4n) is 2.75. The molecule has 0 unspecified atom stereocenters. The second-order valence-electron chi connectivity index (χ2n) is 5.25. The standard InChI is InChI=1S/C16H17N5/c1-2-12(10-13(3-1)21-8-6-17-7-9-21)15-11-19-16-14(20-15)4-5-18-16/h1-5,10-11,17H,6-9H2,(H,18,19). The number of hydrogen-bond acceptors (Lipinski definition) is 4. The van der Waals surface area contributed by atoms with E-state index in [0.29, 0.717) is 0 Å². The van der Waals surface area contributed by atoms with E-state index in [0.717, 1.165) is 48.6 Å². The Morgan fingerprint density at radius 3 is 2.90 bits per heavy atom. The molecule has 21 heavy (non-hydrogen) atoms. The smallest absolute Gasteiger partial charge is 0.156 e. The molecule has 0 aliphatic carbocycles. The molecular weight excluding hydrogens is 262 g/mol. The van der Waals surface area contributed by atoms with E-state index in [1.807, 2.05) is 18.5 Å². The van der Waals surface area contributed by atoms with Crippen LogP contribution in [0.3, 0.4) is 0 Å². The van der Waals surface area contributed by atoms with Gasteiger partial charge in [0.25, 0.3) is 0 Å². The number of aromatic amines is 1. The van der Waals surface area contributed by atoms with Crippen molar-refractivity contribution >= 4 is 16.9 Å². The Kier molecular flexibility index (Phi) is 3.05. The van der Waals surface area contributed by atoms with Gasteiger partial charge in [0.05, 0.1) is 11.9 Å². The molecule has 0 radical (unpaired) electrons. The number of nitrogens with zero attached hydrogens (tertiary/aromatic N) is 3. The fraction of sp³-hybridized carbons (Fsp3) is 0.250. The summed E-state index contributed by atoms with van der Waals surface area (Å²) in [5, 5.41) is 3.38. The lowest BCUT2D eigenvalue weighted by molar-refractivity contribution is 0.589. The molecule has 2 N–H and O–H groups in total. The van der Waals surface area contributed by atoms with Crippen LogP contribution in [-0.2, 0) is 0 Å². The van der Waals surface area contributed by atoms with E-state index in [1.54, 1.807) is 0 Å². The van der Waals surface area contributed by atoms with Crippen molar-refractivity contribution < 1.29 is 0 Å². The van der Waals surface area contributed by atoms with Gasteiger partial charge < -0.3 is 15.2 Å². The van der Waals surface area contributed by atoms with Crippen molar-refractivity contribution in [3.63, 3.8) is 0 Å². The van der Waals surface area contributed by atoms with Crippen molar-refractivity contribution in [2.75, 3.05) is 31.1 Å². The largest absolute Gasteiger partial charge is 0.369 e. The monoisotopic (exact) mass is 279 g/mol. The van der Waals surface area contributed by atoms with Gasteiger partial charge in [0.1, 0.15) is 5.52 Å². The molecule has 3 aromatic rings. The van der Waals surface area contributed by atoms with Gasteiger partial charge in [0.15, 0.2) is 5.65 Å². The summed E-state index contributed by atoms with van der Waals surface area (Å²) in [4.78, 5) is 14.6. The number of anilines is 1. The van der Waals surface area contributed by atoms with Crippen LogP contribution in [0.5, 0.6) is 0 Å².